The lowest BCUT2D eigenvalue weighted by Gasteiger charge is -2.09. The molecule has 0 saturated heterocycles. The van der Waals surface area contributed by atoms with Crippen molar-refractivity contribution in [2.45, 2.75) is 120 Å². The third-order valence-corrected chi connectivity index (χ3v) is 5.93. The standard InChI is InChI=1S/C15H15F.C9H20O2.C5H10O.C4H10.C3H4N2O/c1-10-4-6-13(8-12(10)3)14-7-5-11(2)15(16)9-14;1-3-5-6-9(10)8-11-7-4-2;1-3-4-5(2)6;1-3-4-2;4-1-2-5-3-6/h4-9H,1-3H3;9-10H,3-8H2,1-2H3;3-4H2,1-2H3;3-4H2,1-2H3;3H,2H2,(H,5,6). The number of ether oxygens (including phenoxy) is 1. The number of aryl methyl sites for hydroxylation is 3. The maximum absolute atomic E-state index is 13.4. The molecule has 0 heterocycles. The van der Waals surface area contributed by atoms with Crippen molar-refractivity contribution in [2.24, 2.45) is 0 Å². The number of rotatable bonds is 13. The fourth-order valence-electron chi connectivity index (χ4n) is 3.02. The van der Waals surface area contributed by atoms with Gasteiger partial charge in [-0.2, -0.15) is 5.26 Å². The van der Waals surface area contributed by atoms with E-state index in [2.05, 4.69) is 59.0 Å². The van der Waals surface area contributed by atoms with Gasteiger partial charge in [0.2, 0.25) is 6.41 Å². The van der Waals surface area contributed by atoms with E-state index in [4.69, 9.17) is 10.00 Å². The maximum atomic E-state index is 13.4. The number of amides is 1. The van der Waals surface area contributed by atoms with E-state index < -0.39 is 0 Å². The van der Waals surface area contributed by atoms with Crippen molar-refractivity contribution in [1.29, 1.82) is 5.26 Å². The topological polar surface area (TPSA) is 99.4 Å². The quantitative estimate of drug-likeness (QED) is 0.136. The van der Waals surface area contributed by atoms with E-state index in [1.165, 1.54) is 24.0 Å². The van der Waals surface area contributed by atoms with Crippen molar-refractivity contribution < 1.29 is 23.8 Å². The lowest BCUT2D eigenvalue weighted by Crippen LogP contribution is -2.15. The van der Waals surface area contributed by atoms with E-state index in [0.29, 0.717) is 18.6 Å². The number of carbonyl (C=O) groups is 2. The van der Waals surface area contributed by atoms with E-state index in [9.17, 15) is 19.1 Å². The van der Waals surface area contributed by atoms with Crippen molar-refractivity contribution in [3.05, 3.63) is 58.9 Å². The van der Waals surface area contributed by atoms with Gasteiger partial charge in [-0.25, -0.2) is 4.39 Å². The fraction of sp³-hybridized carbons (Fsp3) is 0.583. The molecule has 2 aromatic carbocycles. The summed E-state index contributed by atoms with van der Waals surface area (Å²) in [6.07, 6.45) is 8.74. The number of ketones is 1. The van der Waals surface area contributed by atoms with Gasteiger partial charge >= 0.3 is 0 Å². The Kier molecular flexibility index (Phi) is 32.9. The van der Waals surface area contributed by atoms with Crippen LogP contribution in [0.4, 0.5) is 4.39 Å². The third kappa shape index (κ3) is 28.8. The van der Waals surface area contributed by atoms with Gasteiger partial charge in [0, 0.05) is 13.0 Å². The molecule has 0 spiro atoms. The summed E-state index contributed by atoms with van der Waals surface area (Å²) in [5, 5.41) is 19.2. The number of aliphatic hydroxyl groups is 1. The fourth-order valence-corrected chi connectivity index (χ4v) is 3.02. The van der Waals surface area contributed by atoms with Crippen LogP contribution in [0.1, 0.15) is 110 Å². The summed E-state index contributed by atoms with van der Waals surface area (Å²) in [7, 11) is 0. The Morgan fingerprint density at radius 2 is 1.51 bits per heavy atom. The first-order valence-corrected chi connectivity index (χ1v) is 15.6. The summed E-state index contributed by atoms with van der Waals surface area (Å²) in [6, 6.07) is 13.3. The molecule has 244 valence electrons. The number of hydrogen-bond acceptors (Lipinski definition) is 5. The zero-order valence-corrected chi connectivity index (χ0v) is 28.4. The Balaban J connectivity index is -0.000000516. The van der Waals surface area contributed by atoms with Gasteiger partial charge in [0.05, 0.1) is 18.8 Å². The molecule has 0 aliphatic carbocycles. The minimum Gasteiger partial charge on any atom is -0.391 e. The molecule has 6 nitrogen and oxygen atoms in total. The van der Waals surface area contributed by atoms with Crippen molar-refractivity contribution in [2.75, 3.05) is 19.8 Å². The number of nitriles is 1. The van der Waals surface area contributed by atoms with Crippen LogP contribution in [0.15, 0.2) is 36.4 Å². The van der Waals surface area contributed by atoms with Crippen LogP contribution in [-0.2, 0) is 14.3 Å². The van der Waals surface area contributed by atoms with Crippen molar-refractivity contribution >= 4 is 12.2 Å². The van der Waals surface area contributed by atoms with Crippen LogP contribution < -0.4 is 5.32 Å². The number of halogens is 1. The number of benzene rings is 2. The molecule has 0 fully saturated rings. The summed E-state index contributed by atoms with van der Waals surface area (Å²) < 4.78 is 18.6. The average molecular weight is 603 g/mol. The first kappa shape index (κ1) is 44.4. The van der Waals surface area contributed by atoms with Crippen LogP contribution in [-0.4, -0.2) is 43.2 Å². The molecule has 1 amide bonds. The second kappa shape index (κ2) is 31.8. The smallest absolute Gasteiger partial charge is 0.207 e. The number of aliphatic hydroxyl groups excluding tert-OH is 1. The van der Waals surface area contributed by atoms with Gasteiger partial charge in [0.15, 0.2) is 0 Å². The number of hydrogen-bond donors (Lipinski definition) is 2. The minimum absolute atomic E-state index is 0.101. The molecule has 0 aliphatic heterocycles. The Morgan fingerprint density at radius 1 is 0.930 bits per heavy atom. The van der Waals surface area contributed by atoms with E-state index in [1.807, 2.05) is 25.1 Å². The van der Waals surface area contributed by atoms with Gasteiger partial charge in [0.1, 0.15) is 18.1 Å². The monoisotopic (exact) mass is 602 g/mol. The molecule has 2 N–H and O–H groups in total. The Morgan fingerprint density at radius 3 is 1.88 bits per heavy atom. The number of nitrogens with zero attached hydrogens (tertiary/aromatic N) is 1. The van der Waals surface area contributed by atoms with Gasteiger partial charge in [-0.15, -0.1) is 0 Å². The van der Waals surface area contributed by atoms with E-state index in [-0.39, 0.29) is 24.2 Å². The molecule has 0 radical (unpaired) electrons. The van der Waals surface area contributed by atoms with Crippen molar-refractivity contribution in [3.63, 3.8) is 0 Å². The molecule has 0 saturated carbocycles. The maximum Gasteiger partial charge on any atom is 0.207 e. The average Bonchev–Trinajstić information content (AvgIpc) is 2.99. The summed E-state index contributed by atoms with van der Waals surface area (Å²) in [5.41, 5.74) is 5.19. The van der Waals surface area contributed by atoms with Crippen molar-refractivity contribution in [3.8, 4) is 17.2 Å². The zero-order valence-electron chi connectivity index (χ0n) is 28.4. The molecule has 0 aliphatic rings. The van der Waals surface area contributed by atoms with Gasteiger partial charge in [0.25, 0.3) is 0 Å². The molecule has 1 unspecified atom stereocenters. The largest absolute Gasteiger partial charge is 0.391 e. The third-order valence-electron chi connectivity index (χ3n) is 5.93. The van der Waals surface area contributed by atoms with Crippen LogP contribution in [0.5, 0.6) is 0 Å². The summed E-state index contributed by atoms with van der Waals surface area (Å²) in [6.45, 7) is 19.5. The number of nitrogens with one attached hydrogen (secondary N) is 1. The second-order valence-electron chi connectivity index (χ2n) is 10.2. The zero-order chi connectivity index (χ0) is 33.5. The van der Waals surface area contributed by atoms with Gasteiger partial charge in [-0.3, -0.25) is 4.79 Å². The van der Waals surface area contributed by atoms with E-state index >= 15 is 0 Å². The molecule has 2 rings (SSSR count). The summed E-state index contributed by atoms with van der Waals surface area (Å²) >= 11 is 0. The predicted molar refractivity (Wildman–Crippen MR) is 179 cm³/mol. The Labute approximate surface area is 262 Å². The minimum atomic E-state index is -0.249. The van der Waals surface area contributed by atoms with Gasteiger partial charge in [-0.1, -0.05) is 90.6 Å². The SMILES string of the molecule is CCCC.CCCC(C)=O.CCCCC(O)COCCC.Cc1ccc(-c2ccc(C)c(F)c2)cc1C.N#CCNC=O. The number of unbranched alkanes of at least 4 members (excludes halogenated alkanes) is 2. The molecule has 2 aromatic rings. The van der Waals surface area contributed by atoms with E-state index in [1.54, 1.807) is 26.0 Å². The Hall–Kier alpha value is -3.08. The van der Waals surface area contributed by atoms with Crippen LogP contribution in [0.2, 0.25) is 0 Å². The highest BCUT2D eigenvalue weighted by atomic mass is 19.1. The molecule has 1 atom stereocenters. The van der Waals surface area contributed by atoms with Crippen LogP contribution >= 0.6 is 0 Å². The predicted octanol–water partition coefficient (Wildman–Crippen LogP) is 8.82. The second-order valence-corrected chi connectivity index (χ2v) is 10.2. The lowest BCUT2D eigenvalue weighted by molar-refractivity contribution is -0.117. The molecule has 0 bridgehead atoms. The van der Waals surface area contributed by atoms with Crippen LogP contribution in [0, 0.1) is 37.9 Å². The molecular formula is C36H59FN2O4. The first-order chi connectivity index (χ1) is 20.5. The molecule has 0 aromatic heterocycles. The normalized spacial score (nSPS) is 10.0. The number of carbonyl (C=O) groups excluding carboxylic acids is 2. The van der Waals surface area contributed by atoms with Crippen LogP contribution in [0.25, 0.3) is 11.1 Å². The van der Waals surface area contributed by atoms with Gasteiger partial charge < -0.3 is 20.0 Å². The first-order valence-electron chi connectivity index (χ1n) is 15.6. The number of Topliss-reactive ketones (excluding diaryl/α,β-unsaturated/α-hetero) is 1. The summed E-state index contributed by atoms with van der Waals surface area (Å²) in [4.78, 5) is 19.3. The van der Waals surface area contributed by atoms with Crippen LogP contribution in [0.3, 0.4) is 0 Å². The molecule has 43 heavy (non-hydrogen) atoms. The van der Waals surface area contributed by atoms with E-state index in [0.717, 1.165) is 56.3 Å². The lowest BCUT2D eigenvalue weighted by atomic mass is 9.99. The highest BCUT2D eigenvalue weighted by Crippen LogP contribution is 2.23. The highest BCUT2D eigenvalue weighted by molar-refractivity contribution is 5.75. The summed E-state index contributed by atoms with van der Waals surface area (Å²) in [5.74, 6) is 0.147. The molecule has 7 heteroatoms. The Bertz CT molecular complexity index is 954. The highest BCUT2D eigenvalue weighted by Gasteiger charge is 2.03. The van der Waals surface area contributed by atoms with Crippen molar-refractivity contribution in [1.82, 2.24) is 5.32 Å². The van der Waals surface area contributed by atoms with Gasteiger partial charge in [-0.05, 0) is 80.8 Å². The molecular weight excluding hydrogens is 543 g/mol.